The fourth-order valence-corrected chi connectivity index (χ4v) is 2.41. The van der Waals surface area contributed by atoms with E-state index in [0.29, 0.717) is 13.0 Å². The molecule has 0 radical (unpaired) electrons. The smallest absolute Gasteiger partial charge is 0.320 e. The standard InChI is InChI=1S/C14H14O3.C6H14N2O2/c1-9(14(15)16)10-3-4-12-8-13(17-2)6-5-11(12)7-10;7-4-2-1-3-5(8)6(9)10/h3-9H,1-2H3,(H,15,16);5H,1-4,7-8H2,(H,9,10)/t9-;5-/m00/s1. The average Bonchev–Trinajstić information content (AvgIpc) is 2.66. The SMILES string of the molecule is COc1ccc2cc([C@H](C)C(=O)O)ccc2c1.NCCCC[C@H](N)C(=O)O. The van der Waals surface area contributed by atoms with E-state index in [9.17, 15) is 9.59 Å². The fraction of sp³-hybridized carbons (Fsp3) is 0.400. The molecule has 0 spiro atoms. The topological polar surface area (TPSA) is 136 Å². The van der Waals surface area contributed by atoms with Crippen molar-refractivity contribution in [1.29, 1.82) is 0 Å². The quantitative estimate of drug-likeness (QED) is 0.520. The summed E-state index contributed by atoms with van der Waals surface area (Å²) in [6.07, 6.45) is 2.16. The first kappa shape index (κ1) is 22.4. The highest BCUT2D eigenvalue weighted by Gasteiger charge is 2.13. The molecule has 2 atom stereocenters. The van der Waals surface area contributed by atoms with Crippen LogP contribution in [0, 0.1) is 0 Å². The molecule has 7 heteroatoms. The summed E-state index contributed by atoms with van der Waals surface area (Å²) in [5, 5.41) is 19.4. The van der Waals surface area contributed by atoms with Crippen molar-refractivity contribution in [3.8, 4) is 5.75 Å². The molecule has 2 aromatic rings. The third kappa shape index (κ3) is 7.24. The van der Waals surface area contributed by atoms with Crippen LogP contribution >= 0.6 is 0 Å². The molecule has 0 unspecified atom stereocenters. The fourth-order valence-electron chi connectivity index (χ4n) is 2.41. The lowest BCUT2D eigenvalue weighted by molar-refractivity contribution is -0.139. The molecule has 2 rings (SSSR count). The Hall–Kier alpha value is -2.64. The maximum atomic E-state index is 10.9. The number of aliphatic carboxylic acids is 2. The summed E-state index contributed by atoms with van der Waals surface area (Å²) in [5.74, 6) is -1.42. The molecule has 0 heterocycles. The number of rotatable bonds is 8. The number of nitrogens with two attached hydrogens (primary N) is 2. The zero-order valence-electron chi connectivity index (χ0n) is 15.7. The number of carbonyl (C=O) groups is 2. The van der Waals surface area contributed by atoms with Gasteiger partial charge in [-0.1, -0.05) is 30.7 Å². The highest BCUT2D eigenvalue weighted by Crippen LogP contribution is 2.25. The molecular weight excluding hydrogens is 348 g/mol. The van der Waals surface area contributed by atoms with Crippen LogP contribution in [0.5, 0.6) is 5.75 Å². The van der Waals surface area contributed by atoms with Crippen LogP contribution in [0.2, 0.25) is 0 Å². The van der Waals surface area contributed by atoms with Crippen molar-refractivity contribution in [3.05, 3.63) is 42.0 Å². The van der Waals surface area contributed by atoms with Crippen LogP contribution in [0.1, 0.15) is 37.7 Å². The first-order chi connectivity index (χ1) is 12.8. The second-order valence-corrected chi connectivity index (χ2v) is 6.26. The van der Waals surface area contributed by atoms with Gasteiger partial charge in [0.2, 0.25) is 0 Å². The molecule has 0 fully saturated rings. The van der Waals surface area contributed by atoms with Crippen molar-refractivity contribution in [2.24, 2.45) is 11.5 Å². The van der Waals surface area contributed by atoms with Gasteiger partial charge in [0.05, 0.1) is 13.0 Å². The highest BCUT2D eigenvalue weighted by atomic mass is 16.5. The van der Waals surface area contributed by atoms with E-state index in [1.165, 1.54) is 0 Å². The summed E-state index contributed by atoms with van der Waals surface area (Å²) in [4.78, 5) is 21.1. The zero-order chi connectivity index (χ0) is 20.4. The molecule has 6 N–H and O–H groups in total. The van der Waals surface area contributed by atoms with Gasteiger partial charge in [-0.15, -0.1) is 0 Å². The predicted octanol–water partition coefficient (Wildman–Crippen LogP) is 2.56. The van der Waals surface area contributed by atoms with E-state index < -0.39 is 23.9 Å². The minimum Gasteiger partial charge on any atom is -0.497 e. The molecule has 148 valence electrons. The number of fused-ring (bicyclic) bond motifs is 1. The van der Waals surface area contributed by atoms with Crippen LogP contribution in [0.25, 0.3) is 10.8 Å². The Morgan fingerprint density at radius 2 is 1.67 bits per heavy atom. The lowest BCUT2D eigenvalue weighted by Crippen LogP contribution is -2.29. The van der Waals surface area contributed by atoms with Gasteiger partial charge in [-0.2, -0.15) is 0 Å². The van der Waals surface area contributed by atoms with Gasteiger partial charge in [0.1, 0.15) is 11.8 Å². The van der Waals surface area contributed by atoms with Gasteiger partial charge in [-0.3, -0.25) is 9.59 Å². The first-order valence-corrected chi connectivity index (χ1v) is 8.79. The van der Waals surface area contributed by atoms with Crippen molar-refractivity contribution < 1.29 is 24.5 Å². The van der Waals surface area contributed by atoms with Crippen LogP contribution < -0.4 is 16.2 Å². The molecular formula is C20H28N2O5. The molecule has 0 aromatic heterocycles. The molecule has 2 aromatic carbocycles. The Morgan fingerprint density at radius 1 is 1.04 bits per heavy atom. The summed E-state index contributed by atoms with van der Waals surface area (Å²) in [7, 11) is 1.63. The Balaban J connectivity index is 0.000000314. The van der Waals surface area contributed by atoms with Gasteiger partial charge >= 0.3 is 11.9 Å². The van der Waals surface area contributed by atoms with Crippen molar-refractivity contribution in [2.75, 3.05) is 13.7 Å². The summed E-state index contributed by atoms with van der Waals surface area (Å²) < 4.78 is 5.14. The van der Waals surface area contributed by atoms with Crippen LogP contribution in [-0.2, 0) is 9.59 Å². The Morgan fingerprint density at radius 3 is 2.22 bits per heavy atom. The second-order valence-electron chi connectivity index (χ2n) is 6.26. The maximum absolute atomic E-state index is 10.9. The Labute approximate surface area is 158 Å². The largest absolute Gasteiger partial charge is 0.497 e. The van der Waals surface area contributed by atoms with Gasteiger partial charge in [0.15, 0.2) is 0 Å². The van der Waals surface area contributed by atoms with Crippen LogP contribution in [-0.4, -0.2) is 41.8 Å². The molecule has 0 aliphatic carbocycles. The van der Waals surface area contributed by atoms with Crippen LogP contribution in [0.4, 0.5) is 0 Å². The monoisotopic (exact) mass is 376 g/mol. The zero-order valence-corrected chi connectivity index (χ0v) is 15.7. The van der Waals surface area contributed by atoms with E-state index in [-0.39, 0.29) is 0 Å². The molecule has 0 saturated carbocycles. The van der Waals surface area contributed by atoms with E-state index >= 15 is 0 Å². The van der Waals surface area contributed by atoms with Gasteiger partial charge in [0.25, 0.3) is 0 Å². The third-order valence-electron chi connectivity index (χ3n) is 4.23. The number of carboxylic acids is 2. The summed E-state index contributed by atoms with van der Waals surface area (Å²) >= 11 is 0. The number of hydrogen-bond acceptors (Lipinski definition) is 5. The van der Waals surface area contributed by atoms with E-state index in [0.717, 1.165) is 34.9 Å². The highest BCUT2D eigenvalue weighted by molar-refractivity contribution is 5.86. The number of unbranched alkanes of at least 4 members (excludes halogenated alkanes) is 1. The predicted molar refractivity (Wildman–Crippen MR) is 105 cm³/mol. The van der Waals surface area contributed by atoms with Crippen molar-refractivity contribution in [2.45, 2.75) is 38.1 Å². The minimum absolute atomic E-state index is 0.485. The molecule has 7 nitrogen and oxygen atoms in total. The van der Waals surface area contributed by atoms with Gasteiger partial charge < -0.3 is 26.4 Å². The lowest BCUT2D eigenvalue weighted by atomic mass is 9.98. The minimum atomic E-state index is -0.933. The van der Waals surface area contributed by atoms with Crippen molar-refractivity contribution in [3.63, 3.8) is 0 Å². The molecule has 0 aliphatic rings. The van der Waals surface area contributed by atoms with Gasteiger partial charge in [-0.05, 0) is 54.8 Å². The normalized spacial score (nSPS) is 12.6. The maximum Gasteiger partial charge on any atom is 0.320 e. The van der Waals surface area contributed by atoms with E-state index in [1.807, 2.05) is 36.4 Å². The van der Waals surface area contributed by atoms with Crippen molar-refractivity contribution in [1.82, 2.24) is 0 Å². The summed E-state index contributed by atoms with van der Waals surface area (Å²) in [5.41, 5.74) is 11.2. The van der Waals surface area contributed by atoms with Gasteiger partial charge in [-0.25, -0.2) is 0 Å². The van der Waals surface area contributed by atoms with E-state index in [1.54, 1.807) is 14.0 Å². The average molecular weight is 376 g/mol. The number of methoxy groups -OCH3 is 1. The molecule has 0 bridgehead atoms. The van der Waals surface area contributed by atoms with Gasteiger partial charge in [0, 0.05) is 0 Å². The molecule has 0 aliphatic heterocycles. The van der Waals surface area contributed by atoms with Crippen LogP contribution in [0.15, 0.2) is 36.4 Å². The summed E-state index contributed by atoms with van der Waals surface area (Å²) in [6.45, 7) is 2.29. The Bertz CT molecular complexity index is 763. The lowest BCUT2D eigenvalue weighted by Gasteiger charge is -2.08. The second kappa shape index (κ2) is 11.2. The van der Waals surface area contributed by atoms with Crippen LogP contribution in [0.3, 0.4) is 0 Å². The van der Waals surface area contributed by atoms with E-state index in [4.69, 9.17) is 26.4 Å². The molecule has 0 saturated heterocycles. The molecule has 27 heavy (non-hydrogen) atoms. The number of carboxylic acid groups (broad SMARTS) is 2. The van der Waals surface area contributed by atoms with E-state index in [2.05, 4.69) is 0 Å². The number of ether oxygens (including phenoxy) is 1. The number of hydrogen-bond donors (Lipinski definition) is 4. The summed E-state index contributed by atoms with van der Waals surface area (Å²) in [6, 6.07) is 10.7. The number of benzene rings is 2. The third-order valence-corrected chi connectivity index (χ3v) is 4.23. The first-order valence-electron chi connectivity index (χ1n) is 8.79. The Kier molecular flexibility index (Phi) is 9.25. The van der Waals surface area contributed by atoms with Crippen molar-refractivity contribution >= 4 is 22.7 Å². The molecule has 0 amide bonds.